The minimum absolute atomic E-state index is 0.0928. The molecule has 2 heterocycles. The van der Waals surface area contributed by atoms with Gasteiger partial charge in [-0.2, -0.15) is 0 Å². The molecule has 3 fully saturated rings. The van der Waals surface area contributed by atoms with Gasteiger partial charge in [-0.25, -0.2) is 4.79 Å². The molecule has 39 heavy (non-hydrogen) atoms. The van der Waals surface area contributed by atoms with Crippen LogP contribution in [0.4, 0.5) is 0 Å². The van der Waals surface area contributed by atoms with Crippen LogP contribution >= 0.6 is 0 Å². The maximum absolute atomic E-state index is 13.0. The van der Waals surface area contributed by atoms with E-state index in [2.05, 4.69) is 13.8 Å². The van der Waals surface area contributed by atoms with Gasteiger partial charge < -0.3 is 14.2 Å². The molecule has 0 radical (unpaired) electrons. The summed E-state index contributed by atoms with van der Waals surface area (Å²) >= 11 is 0. The molecule has 0 amide bonds. The van der Waals surface area contributed by atoms with Crippen LogP contribution in [0, 0.1) is 5.92 Å². The van der Waals surface area contributed by atoms with Crippen LogP contribution in [-0.2, 0) is 23.8 Å². The second-order valence-corrected chi connectivity index (χ2v) is 12.3. The normalized spacial score (nSPS) is 21.9. The van der Waals surface area contributed by atoms with Gasteiger partial charge in [0.05, 0.1) is 25.2 Å². The van der Waals surface area contributed by atoms with Crippen LogP contribution in [-0.4, -0.2) is 36.9 Å². The van der Waals surface area contributed by atoms with E-state index in [9.17, 15) is 9.59 Å². The van der Waals surface area contributed by atoms with Gasteiger partial charge in [-0.05, 0) is 25.7 Å². The number of unbranched alkanes of at least 4 members (excludes halogenated alkanes) is 20. The fourth-order valence-electron chi connectivity index (χ4n) is 6.27. The molecule has 3 aliphatic rings. The second-order valence-electron chi connectivity index (χ2n) is 12.3. The van der Waals surface area contributed by atoms with Crippen molar-refractivity contribution in [1.29, 1.82) is 0 Å². The van der Waals surface area contributed by atoms with E-state index in [1.54, 1.807) is 0 Å². The molecule has 5 heteroatoms. The van der Waals surface area contributed by atoms with Crippen LogP contribution in [0.2, 0.25) is 0 Å². The monoisotopic (exact) mass is 550 g/mol. The number of rotatable bonds is 26. The van der Waals surface area contributed by atoms with E-state index in [-0.39, 0.29) is 18.0 Å². The molecule has 1 saturated carbocycles. The summed E-state index contributed by atoms with van der Waals surface area (Å²) in [6.45, 7) is 5.39. The zero-order valence-electron chi connectivity index (χ0n) is 25.8. The fraction of sp³-hybridized carbons (Fsp3) is 0.941. The lowest BCUT2D eigenvalue weighted by atomic mass is 9.69. The number of hydrogen-bond donors (Lipinski definition) is 0. The minimum Gasteiger partial charge on any atom is -0.465 e. The number of esters is 2. The quantitative estimate of drug-likeness (QED) is 0.0792. The topological polar surface area (TPSA) is 61.8 Å². The van der Waals surface area contributed by atoms with Gasteiger partial charge in [0.25, 0.3) is 0 Å². The summed E-state index contributed by atoms with van der Waals surface area (Å²) in [5.41, 5.74) is -1.09. The van der Waals surface area contributed by atoms with E-state index in [1.165, 1.54) is 116 Å². The molecule has 3 atom stereocenters. The molecule has 228 valence electrons. The molecule has 0 aromatic carbocycles. The summed E-state index contributed by atoms with van der Waals surface area (Å²) in [5, 5.41) is 0. The predicted molar refractivity (Wildman–Crippen MR) is 160 cm³/mol. The molecular weight excluding hydrogens is 488 g/mol. The fourth-order valence-corrected chi connectivity index (χ4v) is 6.27. The Bertz CT molecular complexity index is 627. The van der Waals surface area contributed by atoms with Crippen molar-refractivity contribution in [3.8, 4) is 0 Å². The van der Waals surface area contributed by atoms with Gasteiger partial charge in [0.1, 0.15) is 0 Å². The highest BCUT2D eigenvalue weighted by molar-refractivity contribution is 5.89. The van der Waals surface area contributed by atoms with Crippen molar-refractivity contribution in [2.45, 2.75) is 186 Å². The highest BCUT2D eigenvalue weighted by atomic mass is 16.6. The number of carbonyl (C=O) groups is 2. The summed E-state index contributed by atoms with van der Waals surface area (Å²) in [6.07, 6.45) is 30.0. The Morgan fingerprint density at radius 3 is 1.41 bits per heavy atom. The highest BCUT2D eigenvalue weighted by Gasteiger charge is 2.63. The van der Waals surface area contributed by atoms with E-state index in [4.69, 9.17) is 14.2 Å². The molecule has 0 N–H and O–H groups in total. The van der Waals surface area contributed by atoms with Gasteiger partial charge in [0.15, 0.2) is 5.60 Å². The standard InChI is InChI=1S/C34H62O5/c1-3-5-7-9-11-13-15-17-19-21-23-27-37-32(35)31-26-25-30-29-34(31,39-30)33(36)38-28-24-22-20-18-16-14-12-10-8-6-4-2/h30-31H,3-29H2,1-2H3. The van der Waals surface area contributed by atoms with E-state index in [1.807, 2.05) is 0 Å². The van der Waals surface area contributed by atoms with Crippen molar-refractivity contribution in [1.82, 2.24) is 0 Å². The van der Waals surface area contributed by atoms with Crippen LogP contribution in [0.1, 0.15) is 174 Å². The molecule has 5 nitrogen and oxygen atoms in total. The molecule has 0 aromatic heterocycles. The van der Waals surface area contributed by atoms with E-state index < -0.39 is 11.5 Å². The molecule has 3 rings (SSSR count). The SMILES string of the molecule is CCCCCCCCCCCCCOC(=O)C1CCC2CC1(C(=O)OCCCCCCCCCCCCC)O2. The third-order valence-electron chi connectivity index (χ3n) is 8.85. The molecule has 2 aliphatic heterocycles. The largest absolute Gasteiger partial charge is 0.465 e. The van der Waals surface area contributed by atoms with Crippen LogP contribution in [0.15, 0.2) is 0 Å². The Hall–Kier alpha value is -1.10. The van der Waals surface area contributed by atoms with Gasteiger partial charge in [-0.3, -0.25) is 4.79 Å². The lowest BCUT2D eigenvalue weighted by Gasteiger charge is -2.53. The van der Waals surface area contributed by atoms with Crippen LogP contribution in [0.3, 0.4) is 0 Å². The molecule has 3 unspecified atom stereocenters. The highest BCUT2D eigenvalue weighted by Crippen LogP contribution is 2.49. The van der Waals surface area contributed by atoms with E-state index >= 15 is 0 Å². The average Bonchev–Trinajstić information content (AvgIpc) is 2.93. The predicted octanol–water partition coefficient (Wildman–Crippen LogP) is 9.63. The first-order valence-corrected chi connectivity index (χ1v) is 17.2. The maximum Gasteiger partial charge on any atom is 0.339 e. The van der Waals surface area contributed by atoms with Gasteiger partial charge in [0, 0.05) is 6.42 Å². The number of ether oxygens (including phenoxy) is 3. The first kappa shape index (κ1) is 34.1. The summed E-state index contributed by atoms with van der Waals surface area (Å²) in [7, 11) is 0. The Kier molecular flexibility index (Phi) is 18.9. The number of carbonyl (C=O) groups excluding carboxylic acids is 2. The van der Waals surface area contributed by atoms with Crippen LogP contribution in [0.5, 0.6) is 0 Å². The molecule has 2 bridgehead atoms. The zero-order valence-corrected chi connectivity index (χ0v) is 25.8. The van der Waals surface area contributed by atoms with Gasteiger partial charge in [-0.15, -0.1) is 0 Å². The van der Waals surface area contributed by atoms with Crippen molar-refractivity contribution < 1.29 is 23.8 Å². The third kappa shape index (κ3) is 13.4. The average molecular weight is 551 g/mol. The Labute approximate surface area is 240 Å². The summed E-state index contributed by atoms with van der Waals surface area (Å²) < 4.78 is 17.2. The first-order valence-electron chi connectivity index (χ1n) is 17.2. The van der Waals surface area contributed by atoms with Crippen molar-refractivity contribution in [3.05, 3.63) is 0 Å². The Morgan fingerprint density at radius 2 is 0.974 bits per heavy atom. The van der Waals surface area contributed by atoms with E-state index in [0.29, 0.717) is 26.1 Å². The number of hydrogen-bond acceptors (Lipinski definition) is 5. The zero-order chi connectivity index (χ0) is 28.0. The minimum atomic E-state index is -1.09. The Morgan fingerprint density at radius 1 is 0.590 bits per heavy atom. The summed E-state index contributed by atoms with van der Waals surface area (Å²) in [5.74, 6) is -1.13. The molecule has 2 saturated heterocycles. The lowest BCUT2D eigenvalue weighted by molar-refractivity contribution is -0.268. The molecule has 0 spiro atoms. The van der Waals surface area contributed by atoms with Crippen molar-refractivity contribution in [3.63, 3.8) is 0 Å². The number of fused-ring (bicyclic) bond motifs is 2. The van der Waals surface area contributed by atoms with Crippen molar-refractivity contribution in [2.24, 2.45) is 5.92 Å². The van der Waals surface area contributed by atoms with Gasteiger partial charge >= 0.3 is 11.9 Å². The smallest absolute Gasteiger partial charge is 0.339 e. The summed E-state index contributed by atoms with van der Waals surface area (Å²) in [6, 6.07) is 0. The van der Waals surface area contributed by atoms with Crippen molar-refractivity contribution >= 4 is 11.9 Å². The van der Waals surface area contributed by atoms with Gasteiger partial charge in [0.2, 0.25) is 0 Å². The van der Waals surface area contributed by atoms with Crippen LogP contribution < -0.4 is 0 Å². The molecule has 1 aliphatic carbocycles. The van der Waals surface area contributed by atoms with E-state index in [0.717, 1.165) is 32.1 Å². The molecular formula is C34H62O5. The van der Waals surface area contributed by atoms with Crippen LogP contribution in [0.25, 0.3) is 0 Å². The summed E-state index contributed by atoms with van der Waals surface area (Å²) in [4.78, 5) is 25.9. The lowest BCUT2D eigenvalue weighted by Crippen LogP contribution is -2.66. The molecule has 0 aromatic rings. The third-order valence-corrected chi connectivity index (χ3v) is 8.85. The second kappa shape index (κ2) is 21.6. The van der Waals surface area contributed by atoms with Crippen molar-refractivity contribution in [2.75, 3.05) is 13.2 Å². The Balaban J connectivity index is 1.50. The maximum atomic E-state index is 13.0. The van der Waals surface area contributed by atoms with Gasteiger partial charge in [-0.1, -0.05) is 142 Å². The first-order chi connectivity index (χ1) is 19.1.